The van der Waals surface area contributed by atoms with E-state index >= 15 is 0 Å². The van der Waals surface area contributed by atoms with Crippen LogP contribution >= 0.6 is 11.6 Å². The fourth-order valence-corrected chi connectivity index (χ4v) is 3.82. The zero-order chi connectivity index (χ0) is 23.5. The maximum Gasteiger partial charge on any atom is 0.408 e. The quantitative estimate of drug-likeness (QED) is 0.629. The van der Waals surface area contributed by atoms with Gasteiger partial charge in [-0.2, -0.15) is 0 Å². The number of hydrogen-bond donors (Lipinski definition) is 3. The Labute approximate surface area is 191 Å². The Hall–Kier alpha value is -2.78. The molecule has 3 amide bonds. The SMILES string of the molecule is COCC(=O)N1CC[C@@H](NC(=O)c2cc3cc(Cl)ccc3[nH]2)[C@H](NC(=O)OC(C)(C)C)C1. The van der Waals surface area contributed by atoms with Gasteiger partial charge in [-0.3, -0.25) is 9.59 Å². The molecule has 1 aromatic heterocycles. The van der Waals surface area contributed by atoms with Gasteiger partial charge in [-0.1, -0.05) is 11.6 Å². The van der Waals surface area contributed by atoms with Crippen molar-refractivity contribution < 1.29 is 23.9 Å². The summed E-state index contributed by atoms with van der Waals surface area (Å²) in [5.41, 5.74) is 0.508. The number of aromatic amines is 1. The number of carbonyl (C=O) groups excluding carboxylic acids is 3. The summed E-state index contributed by atoms with van der Waals surface area (Å²) >= 11 is 6.03. The van der Waals surface area contributed by atoms with Gasteiger partial charge >= 0.3 is 6.09 Å². The lowest BCUT2D eigenvalue weighted by Crippen LogP contribution is -2.62. The van der Waals surface area contributed by atoms with E-state index in [9.17, 15) is 14.4 Å². The highest BCUT2D eigenvalue weighted by Crippen LogP contribution is 2.21. The average Bonchev–Trinajstić information content (AvgIpc) is 3.11. The Balaban J connectivity index is 1.74. The van der Waals surface area contributed by atoms with Crippen LogP contribution in [0.2, 0.25) is 5.02 Å². The highest BCUT2D eigenvalue weighted by atomic mass is 35.5. The first-order valence-corrected chi connectivity index (χ1v) is 10.8. The van der Waals surface area contributed by atoms with Crippen molar-refractivity contribution in [1.29, 1.82) is 0 Å². The molecule has 1 aliphatic heterocycles. The number of nitrogens with one attached hydrogen (secondary N) is 3. The first-order chi connectivity index (χ1) is 15.1. The second-order valence-corrected chi connectivity index (χ2v) is 9.25. The Morgan fingerprint density at radius 3 is 2.62 bits per heavy atom. The number of nitrogens with zero attached hydrogens (tertiary/aromatic N) is 1. The number of piperidine rings is 1. The van der Waals surface area contributed by atoms with Crippen LogP contribution in [0.25, 0.3) is 10.9 Å². The van der Waals surface area contributed by atoms with Crippen molar-refractivity contribution in [1.82, 2.24) is 20.5 Å². The number of alkyl carbamates (subject to hydrolysis) is 1. The van der Waals surface area contributed by atoms with Crippen molar-refractivity contribution in [3.05, 3.63) is 35.0 Å². The van der Waals surface area contributed by atoms with Crippen LogP contribution in [-0.2, 0) is 14.3 Å². The van der Waals surface area contributed by atoms with Crippen LogP contribution in [0.4, 0.5) is 4.79 Å². The Morgan fingerprint density at radius 2 is 1.94 bits per heavy atom. The lowest BCUT2D eigenvalue weighted by molar-refractivity contribution is -0.136. The maximum absolute atomic E-state index is 12.9. The number of benzene rings is 1. The van der Waals surface area contributed by atoms with Crippen LogP contribution in [-0.4, -0.2) is 72.3 Å². The van der Waals surface area contributed by atoms with Gasteiger partial charge in [-0.15, -0.1) is 0 Å². The second kappa shape index (κ2) is 9.79. The summed E-state index contributed by atoms with van der Waals surface area (Å²) in [5, 5.41) is 7.19. The summed E-state index contributed by atoms with van der Waals surface area (Å²) in [4.78, 5) is 42.3. The second-order valence-electron chi connectivity index (χ2n) is 8.81. The molecular formula is C22H29ClN4O5. The lowest BCUT2D eigenvalue weighted by Gasteiger charge is -2.39. The summed E-state index contributed by atoms with van der Waals surface area (Å²) < 4.78 is 10.3. The smallest absolute Gasteiger partial charge is 0.408 e. The van der Waals surface area contributed by atoms with E-state index < -0.39 is 23.8 Å². The molecule has 1 aromatic carbocycles. The summed E-state index contributed by atoms with van der Waals surface area (Å²) in [6.07, 6.45) is -0.142. The van der Waals surface area contributed by atoms with Crippen molar-refractivity contribution in [3.63, 3.8) is 0 Å². The molecule has 2 atom stereocenters. The van der Waals surface area contributed by atoms with Gasteiger partial charge in [0.2, 0.25) is 5.91 Å². The Morgan fingerprint density at radius 1 is 1.19 bits per heavy atom. The van der Waals surface area contributed by atoms with E-state index in [-0.39, 0.29) is 25.0 Å². The molecule has 2 heterocycles. The van der Waals surface area contributed by atoms with Crippen LogP contribution in [0.15, 0.2) is 24.3 Å². The third-order valence-corrected chi connectivity index (χ3v) is 5.31. The van der Waals surface area contributed by atoms with E-state index in [1.807, 2.05) is 0 Å². The molecule has 0 aliphatic carbocycles. The topological polar surface area (TPSA) is 113 Å². The van der Waals surface area contributed by atoms with E-state index in [4.69, 9.17) is 21.1 Å². The van der Waals surface area contributed by atoms with Crippen molar-refractivity contribution in [2.24, 2.45) is 0 Å². The van der Waals surface area contributed by atoms with E-state index in [1.165, 1.54) is 7.11 Å². The molecule has 2 aromatic rings. The molecule has 0 radical (unpaired) electrons. The molecule has 174 valence electrons. The third kappa shape index (κ3) is 6.14. The average molecular weight is 465 g/mol. The lowest BCUT2D eigenvalue weighted by atomic mass is 9.98. The molecular weight excluding hydrogens is 436 g/mol. The predicted molar refractivity (Wildman–Crippen MR) is 121 cm³/mol. The Kier molecular flexibility index (Phi) is 7.30. The Bertz CT molecular complexity index is 1000. The zero-order valence-electron chi connectivity index (χ0n) is 18.7. The first-order valence-electron chi connectivity index (χ1n) is 10.4. The van der Waals surface area contributed by atoms with E-state index in [0.29, 0.717) is 23.7 Å². The largest absolute Gasteiger partial charge is 0.444 e. The van der Waals surface area contributed by atoms with Gasteiger partial charge < -0.3 is 30.0 Å². The number of fused-ring (bicyclic) bond motifs is 1. The van der Waals surface area contributed by atoms with Crippen LogP contribution in [0.3, 0.4) is 0 Å². The van der Waals surface area contributed by atoms with Crippen LogP contribution in [0.5, 0.6) is 0 Å². The number of hydrogen-bond acceptors (Lipinski definition) is 5. The van der Waals surface area contributed by atoms with Gasteiger partial charge in [0.05, 0.1) is 12.1 Å². The van der Waals surface area contributed by atoms with Gasteiger partial charge in [-0.25, -0.2) is 4.79 Å². The molecule has 9 nitrogen and oxygen atoms in total. The monoisotopic (exact) mass is 464 g/mol. The molecule has 0 bridgehead atoms. The zero-order valence-corrected chi connectivity index (χ0v) is 19.4. The number of likely N-dealkylation sites (tertiary alicyclic amines) is 1. The van der Waals surface area contributed by atoms with Crippen molar-refractivity contribution in [2.45, 2.75) is 44.9 Å². The predicted octanol–water partition coefficient (Wildman–Crippen LogP) is 2.69. The third-order valence-electron chi connectivity index (χ3n) is 5.08. The molecule has 3 rings (SSSR count). The first kappa shape index (κ1) is 23.9. The summed E-state index contributed by atoms with van der Waals surface area (Å²) in [5.74, 6) is -0.490. The fourth-order valence-electron chi connectivity index (χ4n) is 3.64. The summed E-state index contributed by atoms with van der Waals surface area (Å²) in [6.45, 7) is 5.92. The molecule has 0 unspecified atom stereocenters. The maximum atomic E-state index is 12.9. The van der Waals surface area contributed by atoms with Gasteiger partial charge in [0, 0.05) is 36.1 Å². The highest BCUT2D eigenvalue weighted by molar-refractivity contribution is 6.31. The number of halogens is 1. The minimum atomic E-state index is -0.672. The van der Waals surface area contributed by atoms with Crippen LogP contribution < -0.4 is 10.6 Å². The van der Waals surface area contributed by atoms with Crippen molar-refractivity contribution in [2.75, 3.05) is 26.8 Å². The molecule has 3 N–H and O–H groups in total. The number of amides is 3. The van der Waals surface area contributed by atoms with E-state index in [1.54, 1.807) is 49.9 Å². The molecule has 10 heteroatoms. The fraction of sp³-hybridized carbons (Fsp3) is 0.500. The van der Waals surface area contributed by atoms with Gasteiger partial charge in [0.25, 0.3) is 5.91 Å². The van der Waals surface area contributed by atoms with Crippen molar-refractivity contribution in [3.8, 4) is 0 Å². The van der Waals surface area contributed by atoms with Crippen LogP contribution in [0.1, 0.15) is 37.7 Å². The van der Waals surface area contributed by atoms with E-state index in [2.05, 4.69) is 15.6 Å². The number of carbonyl (C=O) groups is 3. The minimum absolute atomic E-state index is 0.0478. The molecule has 0 saturated carbocycles. The molecule has 1 aliphatic rings. The summed E-state index contributed by atoms with van der Waals surface area (Å²) in [7, 11) is 1.45. The van der Waals surface area contributed by atoms with Gasteiger partial charge in [0.15, 0.2) is 0 Å². The normalized spacial score (nSPS) is 19.0. The van der Waals surface area contributed by atoms with Gasteiger partial charge in [-0.05, 0) is 51.5 Å². The number of H-pyrrole nitrogens is 1. The highest BCUT2D eigenvalue weighted by Gasteiger charge is 2.34. The van der Waals surface area contributed by atoms with Gasteiger partial charge in [0.1, 0.15) is 17.9 Å². The number of rotatable bonds is 5. The van der Waals surface area contributed by atoms with Crippen molar-refractivity contribution >= 4 is 40.4 Å². The number of aromatic nitrogens is 1. The standard InChI is InChI=1S/C22H29ClN4O5/c1-22(2,3)32-21(30)26-18-11-27(19(28)12-31-4)8-7-16(18)25-20(29)17-10-13-9-14(23)5-6-15(13)24-17/h5-6,9-10,16,18,24H,7-8,11-12H2,1-4H3,(H,25,29)(H,26,30)/t16-,18-/m1/s1. The molecule has 0 spiro atoms. The number of ether oxygens (including phenoxy) is 2. The summed E-state index contributed by atoms with van der Waals surface area (Å²) in [6, 6.07) is 6.14. The molecule has 1 saturated heterocycles. The minimum Gasteiger partial charge on any atom is -0.444 e. The molecule has 32 heavy (non-hydrogen) atoms. The van der Waals surface area contributed by atoms with E-state index in [0.717, 1.165) is 10.9 Å². The molecule has 1 fully saturated rings. The number of methoxy groups -OCH3 is 1. The van der Waals surface area contributed by atoms with Crippen LogP contribution in [0, 0.1) is 0 Å².